The van der Waals surface area contributed by atoms with E-state index in [0.717, 1.165) is 61.6 Å². The van der Waals surface area contributed by atoms with Gasteiger partial charge in [-0.15, -0.1) is 0 Å². The van der Waals surface area contributed by atoms with Crippen LogP contribution in [0.3, 0.4) is 0 Å². The molecule has 0 spiro atoms. The zero-order valence-corrected chi connectivity index (χ0v) is 16.6. The number of H-pyrrole nitrogens is 1. The lowest BCUT2D eigenvalue weighted by Gasteiger charge is -2.32. The SMILES string of the molecule is O=C(c1[nH]nc2c1CCc1ccccc1-2)N1CCC(CCN2CCCC2)CC1. The molecule has 3 heterocycles. The number of nitrogens with one attached hydrogen (secondary N) is 1. The number of piperidine rings is 1. The quantitative estimate of drug-likeness (QED) is 0.886. The molecule has 1 aromatic heterocycles. The average molecular weight is 379 g/mol. The summed E-state index contributed by atoms with van der Waals surface area (Å²) in [6.45, 7) is 5.57. The Labute approximate surface area is 167 Å². The number of carbonyl (C=O) groups is 1. The summed E-state index contributed by atoms with van der Waals surface area (Å²) in [6, 6.07) is 8.42. The Balaban J connectivity index is 1.22. The van der Waals surface area contributed by atoms with Gasteiger partial charge in [0, 0.05) is 24.2 Å². The highest BCUT2D eigenvalue weighted by Crippen LogP contribution is 2.34. The third-order valence-electron chi connectivity index (χ3n) is 6.95. The summed E-state index contributed by atoms with van der Waals surface area (Å²) >= 11 is 0. The number of benzene rings is 1. The van der Waals surface area contributed by atoms with E-state index < -0.39 is 0 Å². The first kappa shape index (κ1) is 17.9. The molecule has 0 unspecified atom stereocenters. The lowest BCUT2D eigenvalue weighted by molar-refractivity contribution is 0.0675. The molecule has 5 rings (SSSR count). The van der Waals surface area contributed by atoms with E-state index in [1.54, 1.807) is 0 Å². The van der Waals surface area contributed by atoms with Gasteiger partial charge in [-0.25, -0.2) is 0 Å². The second-order valence-electron chi connectivity index (χ2n) is 8.66. The highest BCUT2D eigenvalue weighted by Gasteiger charge is 2.30. The number of hydrogen-bond acceptors (Lipinski definition) is 3. The summed E-state index contributed by atoms with van der Waals surface area (Å²) in [5.74, 6) is 0.915. The number of likely N-dealkylation sites (tertiary alicyclic amines) is 2. The molecule has 2 fully saturated rings. The molecule has 2 saturated heterocycles. The minimum absolute atomic E-state index is 0.145. The lowest BCUT2D eigenvalue weighted by Crippen LogP contribution is -2.39. The zero-order valence-electron chi connectivity index (χ0n) is 16.6. The molecule has 148 valence electrons. The molecule has 1 aromatic carbocycles. The normalized spacial score (nSPS) is 20.2. The van der Waals surface area contributed by atoms with Gasteiger partial charge in [-0.2, -0.15) is 5.10 Å². The number of aromatic nitrogens is 2. The van der Waals surface area contributed by atoms with Crippen LogP contribution in [0.4, 0.5) is 0 Å². The van der Waals surface area contributed by atoms with Gasteiger partial charge >= 0.3 is 0 Å². The summed E-state index contributed by atoms with van der Waals surface area (Å²) in [5.41, 5.74) is 5.32. The predicted octanol–water partition coefficient (Wildman–Crippen LogP) is 3.51. The molecule has 1 aliphatic carbocycles. The van der Waals surface area contributed by atoms with Gasteiger partial charge in [0.15, 0.2) is 0 Å². The monoisotopic (exact) mass is 378 g/mol. The van der Waals surface area contributed by atoms with Crippen LogP contribution in [0.15, 0.2) is 24.3 Å². The number of nitrogens with zero attached hydrogens (tertiary/aromatic N) is 3. The van der Waals surface area contributed by atoms with E-state index in [1.165, 1.54) is 50.0 Å². The first-order valence-electron chi connectivity index (χ1n) is 11.0. The van der Waals surface area contributed by atoms with Crippen molar-refractivity contribution in [3.8, 4) is 11.3 Å². The molecule has 28 heavy (non-hydrogen) atoms. The van der Waals surface area contributed by atoms with Gasteiger partial charge in [0.25, 0.3) is 5.91 Å². The van der Waals surface area contributed by atoms with Crippen LogP contribution < -0.4 is 0 Å². The van der Waals surface area contributed by atoms with Crippen molar-refractivity contribution in [2.75, 3.05) is 32.7 Å². The Morgan fingerprint density at radius 3 is 2.68 bits per heavy atom. The van der Waals surface area contributed by atoms with Crippen molar-refractivity contribution in [1.82, 2.24) is 20.0 Å². The van der Waals surface area contributed by atoms with Crippen molar-refractivity contribution in [3.63, 3.8) is 0 Å². The molecule has 5 nitrogen and oxygen atoms in total. The number of carbonyl (C=O) groups excluding carboxylic acids is 1. The van der Waals surface area contributed by atoms with Gasteiger partial charge in [0.1, 0.15) is 5.69 Å². The van der Waals surface area contributed by atoms with Gasteiger partial charge in [0.2, 0.25) is 0 Å². The predicted molar refractivity (Wildman–Crippen MR) is 110 cm³/mol. The van der Waals surface area contributed by atoms with Crippen LogP contribution in [-0.4, -0.2) is 58.6 Å². The molecular formula is C23H30N4O. The molecule has 0 bridgehead atoms. The van der Waals surface area contributed by atoms with Crippen molar-refractivity contribution in [2.45, 2.75) is 44.9 Å². The second-order valence-corrected chi connectivity index (χ2v) is 8.66. The summed E-state index contributed by atoms with van der Waals surface area (Å²) in [7, 11) is 0. The molecular weight excluding hydrogens is 348 g/mol. The lowest BCUT2D eigenvalue weighted by atomic mass is 9.88. The van der Waals surface area contributed by atoms with E-state index in [9.17, 15) is 4.79 Å². The van der Waals surface area contributed by atoms with Crippen LogP contribution >= 0.6 is 0 Å². The summed E-state index contributed by atoms with van der Waals surface area (Å²) in [6.07, 6.45) is 8.19. The standard InChI is InChI=1S/C23H30N4O/c28-23(27-15-10-17(11-16-27)9-14-26-12-3-4-13-26)22-20-8-7-18-5-1-2-6-19(18)21(20)24-25-22/h1-2,5-6,17H,3-4,7-16H2,(H,24,25). The number of aromatic amines is 1. The summed E-state index contributed by atoms with van der Waals surface area (Å²) < 4.78 is 0. The van der Waals surface area contributed by atoms with Gasteiger partial charge in [-0.3, -0.25) is 9.89 Å². The highest BCUT2D eigenvalue weighted by atomic mass is 16.2. The smallest absolute Gasteiger partial charge is 0.272 e. The van der Waals surface area contributed by atoms with Gasteiger partial charge in [-0.1, -0.05) is 24.3 Å². The third-order valence-corrected chi connectivity index (χ3v) is 6.95. The third kappa shape index (κ3) is 3.37. The van der Waals surface area contributed by atoms with Gasteiger partial charge in [-0.05, 0) is 76.1 Å². The average Bonchev–Trinajstić information content (AvgIpc) is 3.42. The molecule has 0 saturated carbocycles. The van der Waals surface area contributed by atoms with Gasteiger partial charge < -0.3 is 9.80 Å². The Bertz CT molecular complexity index is 844. The molecule has 0 radical (unpaired) electrons. The fourth-order valence-corrected chi connectivity index (χ4v) is 5.19. The van der Waals surface area contributed by atoms with Crippen LogP contribution in [0.25, 0.3) is 11.3 Å². The molecule has 2 aromatic rings. The van der Waals surface area contributed by atoms with Crippen LogP contribution in [0, 0.1) is 5.92 Å². The van der Waals surface area contributed by atoms with E-state index in [2.05, 4.69) is 39.4 Å². The van der Waals surface area contributed by atoms with E-state index >= 15 is 0 Å². The zero-order chi connectivity index (χ0) is 18.9. The Hall–Kier alpha value is -2.14. The van der Waals surface area contributed by atoms with Crippen molar-refractivity contribution < 1.29 is 4.79 Å². The highest BCUT2D eigenvalue weighted by molar-refractivity contribution is 5.96. The molecule has 3 aliphatic rings. The van der Waals surface area contributed by atoms with Crippen molar-refractivity contribution in [1.29, 1.82) is 0 Å². The van der Waals surface area contributed by atoms with Crippen LogP contribution in [-0.2, 0) is 12.8 Å². The fourth-order valence-electron chi connectivity index (χ4n) is 5.19. The number of hydrogen-bond donors (Lipinski definition) is 1. The molecule has 2 aliphatic heterocycles. The van der Waals surface area contributed by atoms with Crippen molar-refractivity contribution >= 4 is 5.91 Å². The Morgan fingerprint density at radius 1 is 1.07 bits per heavy atom. The largest absolute Gasteiger partial charge is 0.337 e. The minimum Gasteiger partial charge on any atom is -0.337 e. The Kier molecular flexibility index (Phi) is 4.93. The number of amides is 1. The first-order valence-corrected chi connectivity index (χ1v) is 11.0. The summed E-state index contributed by atoms with van der Waals surface area (Å²) in [4.78, 5) is 17.8. The van der Waals surface area contributed by atoms with E-state index in [-0.39, 0.29) is 5.91 Å². The number of rotatable bonds is 4. The number of fused-ring (bicyclic) bond motifs is 3. The molecule has 0 atom stereocenters. The fraction of sp³-hybridized carbons (Fsp3) is 0.565. The van der Waals surface area contributed by atoms with Crippen molar-refractivity contribution in [3.05, 3.63) is 41.1 Å². The Morgan fingerprint density at radius 2 is 1.86 bits per heavy atom. The maximum atomic E-state index is 13.2. The first-order chi connectivity index (χ1) is 13.8. The summed E-state index contributed by atoms with van der Waals surface area (Å²) in [5, 5.41) is 7.60. The van der Waals surface area contributed by atoms with E-state index in [1.807, 2.05) is 4.90 Å². The van der Waals surface area contributed by atoms with E-state index in [0.29, 0.717) is 0 Å². The van der Waals surface area contributed by atoms with Crippen LogP contribution in [0.1, 0.15) is 53.7 Å². The topological polar surface area (TPSA) is 52.2 Å². The van der Waals surface area contributed by atoms with Crippen LogP contribution in [0.5, 0.6) is 0 Å². The van der Waals surface area contributed by atoms with Crippen LogP contribution in [0.2, 0.25) is 0 Å². The molecule has 1 N–H and O–H groups in total. The number of aryl methyl sites for hydroxylation is 1. The molecule has 5 heteroatoms. The maximum absolute atomic E-state index is 13.2. The second kappa shape index (κ2) is 7.70. The minimum atomic E-state index is 0.145. The van der Waals surface area contributed by atoms with Gasteiger partial charge in [0.05, 0.1) is 5.69 Å². The van der Waals surface area contributed by atoms with E-state index in [4.69, 9.17) is 0 Å². The maximum Gasteiger partial charge on any atom is 0.272 e. The van der Waals surface area contributed by atoms with Crippen molar-refractivity contribution in [2.24, 2.45) is 5.92 Å². The molecule has 1 amide bonds.